The maximum absolute atomic E-state index is 12.7. The van der Waals surface area contributed by atoms with Crippen LogP contribution in [0.15, 0.2) is 36.5 Å². The molecule has 0 fully saturated rings. The molecule has 4 nitrogen and oxygen atoms in total. The van der Waals surface area contributed by atoms with Gasteiger partial charge in [-0.25, -0.2) is 0 Å². The quantitative estimate of drug-likeness (QED) is 0.672. The molecule has 1 aromatic heterocycles. The Labute approximate surface area is 118 Å². The zero-order valence-electron chi connectivity index (χ0n) is 11.0. The van der Waals surface area contributed by atoms with Crippen LogP contribution in [0.4, 0.5) is 13.2 Å². The number of pyridine rings is 1. The van der Waals surface area contributed by atoms with Crippen molar-refractivity contribution in [1.82, 2.24) is 4.98 Å². The van der Waals surface area contributed by atoms with Gasteiger partial charge in [0.1, 0.15) is 17.3 Å². The predicted octanol–water partition coefficient (Wildman–Crippen LogP) is 3.49. The minimum atomic E-state index is -4.51. The van der Waals surface area contributed by atoms with Crippen LogP contribution in [0.2, 0.25) is 0 Å². The van der Waals surface area contributed by atoms with Crippen LogP contribution in [0.3, 0.4) is 0 Å². The van der Waals surface area contributed by atoms with E-state index >= 15 is 0 Å². The van der Waals surface area contributed by atoms with Crippen LogP contribution in [0, 0.1) is 12.3 Å². The first kappa shape index (κ1) is 14.8. The molecule has 0 radical (unpaired) electrons. The molecule has 3 N–H and O–H groups in total. The molecule has 0 bridgehead atoms. The summed E-state index contributed by atoms with van der Waals surface area (Å²) in [6.45, 7) is 1.79. The molecule has 0 spiro atoms. The fraction of sp³-hybridized carbons (Fsp3) is 0.143. The fourth-order valence-corrected chi connectivity index (χ4v) is 1.65. The summed E-state index contributed by atoms with van der Waals surface area (Å²) in [5.74, 6) is -0.0832. The number of aromatic nitrogens is 1. The number of ether oxygens (including phenoxy) is 1. The highest BCUT2D eigenvalue weighted by Gasteiger charge is 2.31. The van der Waals surface area contributed by atoms with E-state index in [0.717, 1.165) is 23.9 Å². The lowest BCUT2D eigenvalue weighted by Gasteiger charge is -2.13. The Morgan fingerprint density at radius 2 is 1.95 bits per heavy atom. The molecule has 0 amide bonds. The number of nitrogen functional groups attached to an aromatic ring is 1. The summed E-state index contributed by atoms with van der Waals surface area (Å²) in [4.78, 5) is 4.02. The van der Waals surface area contributed by atoms with Crippen molar-refractivity contribution in [2.75, 3.05) is 0 Å². The van der Waals surface area contributed by atoms with Gasteiger partial charge in [-0.15, -0.1) is 0 Å². The lowest BCUT2D eigenvalue weighted by atomic mass is 10.1. The summed E-state index contributed by atoms with van der Waals surface area (Å²) in [6, 6.07) is 6.14. The summed E-state index contributed by atoms with van der Waals surface area (Å²) < 4.78 is 43.5. The number of nitrogens with two attached hydrogens (primary N) is 1. The Morgan fingerprint density at radius 1 is 1.24 bits per heavy atom. The standard InChI is InChI=1S/C14H12F3N3O/c1-8-2-4-10(7-20-8)21-12-5-3-9(14(15,16)17)6-11(12)13(18)19/h2-7H,1H3,(H3,18,19). The van der Waals surface area contributed by atoms with Gasteiger partial charge in [0, 0.05) is 5.69 Å². The Kier molecular flexibility index (Phi) is 3.84. The first-order valence-corrected chi connectivity index (χ1v) is 5.93. The molecule has 1 heterocycles. The van der Waals surface area contributed by atoms with Crippen LogP contribution in [-0.4, -0.2) is 10.8 Å². The third-order valence-electron chi connectivity index (χ3n) is 2.71. The minimum Gasteiger partial charge on any atom is -0.455 e. The van der Waals surface area contributed by atoms with Crippen molar-refractivity contribution in [3.63, 3.8) is 0 Å². The van der Waals surface area contributed by atoms with Gasteiger partial charge in [-0.1, -0.05) is 0 Å². The number of aryl methyl sites for hydroxylation is 1. The predicted molar refractivity (Wildman–Crippen MR) is 71.5 cm³/mol. The van der Waals surface area contributed by atoms with E-state index in [0.29, 0.717) is 5.75 Å². The number of hydrogen-bond acceptors (Lipinski definition) is 3. The van der Waals surface area contributed by atoms with E-state index in [4.69, 9.17) is 15.9 Å². The van der Waals surface area contributed by atoms with Crippen LogP contribution in [0.1, 0.15) is 16.8 Å². The number of halogens is 3. The Morgan fingerprint density at radius 3 is 2.48 bits per heavy atom. The van der Waals surface area contributed by atoms with E-state index in [1.165, 1.54) is 6.20 Å². The lowest BCUT2D eigenvalue weighted by Crippen LogP contribution is -2.15. The number of alkyl halides is 3. The van der Waals surface area contributed by atoms with Gasteiger partial charge in [0.05, 0.1) is 17.3 Å². The lowest BCUT2D eigenvalue weighted by molar-refractivity contribution is -0.137. The first-order chi connectivity index (χ1) is 9.77. The van der Waals surface area contributed by atoms with Crippen LogP contribution in [-0.2, 0) is 6.18 Å². The highest BCUT2D eigenvalue weighted by molar-refractivity contribution is 5.98. The number of hydrogen-bond donors (Lipinski definition) is 2. The molecule has 1 aromatic carbocycles. The second kappa shape index (κ2) is 5.43. The molecule has 0 unspecified atom stereocenters. The largest absolute Gasteiger partial charge is 0.455 e. The molecule has 2 rings (SSSR count). The topological polar surface area (TPSA) is 72.0 Å². The minimum absolute atomic E-state index is 0.0705. The van der Waals surface area contributed by atoms with Crippen molar-refractivity contribution in [3.05, 3.63) is 53.3 Å². The van der Waals surface area contributed by atoms with E-state index in [9.17, 15) is 13.2 Å². The average Bonchev–Trinajstić information content (AvgIpc) is 2.40. The van der Waals surface area contributed by atoms with Crippen molar-refractivity contribution in [2.24, 2.45) is 5.73 Å². The van der Waals surface area contributed by atoms with E-state index in [-0.39, 0.29) is 11.3 Å². The molecule has 110 valence electrons. The SMILES string of the molecule is Cc1ccc(Oc2ccc(C(F)(F)F)cc2C(=N)N)cn1. The Balaban J connectivity index is 2.39. The summed E-state index contributed by atoms with van der Waals surface area (Å²) in [5, 5.41) is 7.39. The third-order valence-corrected chi connectivity index (χ3v) is 2.71. The van der Waals surface area contributed by atoms with Crippen LogP contribution in [0.5, 0.6) is 11.5 Å². The van der Waals surface area contributed by atoms with Crippen LogP contribution in [0.25, 0.3) is 0 Å². The molecule has 0 saturated heterocycles. The number of benzene rings is 1. The highest BCUT2D eigenvalue weighted by Crippen LogP contribution is 2.33. The van der Waals surface area contributed by atoms with Crippen LogP contribution < -0.4 is 10.5 Å². The van der Waals surface area contributed by atoms with Crippen molar-refractivity contribution >= 4 is 5.84 Å². The molecule has 0 atom stereocenters. The van der Waals surface area contributed by atoms with Gasteiger partial charge in [-0.2, -0.15) is 13.2 Å². The molecular formula is C14H12F3N3O. The second-order valence-electron chi connectivity index (χ2n) is 4.36. The third kappa shape index (κ3) is 3.50. The van der Waals surface area contributed by atoms with Crippen molar-refractivity contribution < 1.29 is 17.9 Å². The second-order valence-corrected chi connectivity index (χ2v) is 4.36. The zero-order chi connectivity index (χ0) is 15.6. The summed E-state index contributed by atoms with van der Waals surface area (Å²) in [6.07, 6.45) is -3.06. The number of rotatable bonds is 3. The molecule has 0 saturated carbocycles. The van der Waals surface area contributed by atoms with Crippen molar-refractivity contribution in [2.45, 2.75) is 13.1 Å². The number of nitrogens with one attached hydrogen (secondary N) is 1. The van der Waals surface area contributed by atoms with Gasteiger partial charge in [-0.3, -0.25) is 10.4 Å². The molecule has 0 aliphatic heterocycles. The highest BCUT2D eigenvalue weighted by atomic mass is 19.4. The summed E-state index contributed by atoms with van der Waals surface area (Å²) in [7, 11) is 0. The number of nitrogens with zero attached hydrogens (tertiary/aromatic N) is 1. The van der Waals surface area contributed by atoms with E-state index in [2.05, 4.69) is 4.98 Å². The first-order valence-electron chi connectivity index (χ1n) is 5.93. The molecule has 2 aromatic rings. The maximum atomic E-state index is 12.7. The van der Waals surface area contributed by atoms with E-state index in [1.807, 2.05) is 0 Å². The van der Waals surface area contributed by atoms with E-state index < -0.39 is 17.6 Å². The maximum Gasteiger partial charge on any atom is 0.416 e. The van der Waals surface area contributed by atoms with Crippen molar-refractivity contribution in [1.29, 1.82) is 5.41 Å². The van der Waals surface area contributed by atoms with Gasteiger partial charge in [0.2, 0.25) is 0 Å². The molecule has 0 aliphatic rings. The van der Waals surface area contributed by atoms with Gasteiger partial charge in [-0.05, 0) is 37.3 Å². The summed E-state index contributed by atoms with van der Waals surface area (Å²) in [5.41, 5.74) is 5.10. The van der Waals surface area contributed by atoms with Crippen LogP contribution >= 0.6 is 0 Å². The molecule has 7 heteroatoms. The van der Waals surface area contributed by atoms with Gasteiger partial charge < -0.3 is 10.5 Å². The molecule has 0 aliphatic carbocycles. The fourth-order valence-electron chi connectivity index (χ4n) is 1.65. The molecular weight excluding hydrogens is 283 g/mol. The smallest absolute Gasteiger partial charge is 0.416 e. The monoisotopic (exact) mass is 295 g/mol. The average molecular weight is 295 g/mol. The van der Waals surface area contributed by atoms with Gasteiger partial charge in [0.25, 0.3) is 0 Å². The Bertz CT molecular complexity index is 666. The summed E-state index contributed by atoms with van der Waals surface area (Å²) >= 11 is 0. The van der Waals surface area contributed by atoms with E-state index in [1.54, 1.807) is 19.1 Å². The van der Waals surface area contributed by atoms with Gasteiger partial charge in [0.15, 0.2) is 0 Å². The molecule has 21 heavy (non-hydrogen) atoms. The zero-order valence-corrected chi connectivity index (χ0v) is 11.0. The van der Waals surface area contributed by atoms with Gasteiger partial charge >= 0.3 is 6.18 Å². The normalized spacial score (nSPS) is 11.2. The number of amidine groups is 1. The van der Waals surface area contributed by atoms with Crippen molar-refractivity contribution in [3.8, 4) is 11.5 Å². The Hall–Kier alpha value is -2.57.